The van der Waals surface area contributed by atoms with Gasteiger partial charge < -0.3 is 0 Å². The maximum atomic E-state index is 5.35. The van der Waals surface area contributed by atoms with Crippen molar-refractivity contribution in [2.24, 2.45) is 0 Å². The first-order chi connectivity index (χ1) is 30.2. The SMILES string of the molecule is c1ccc(-c2nc(-c3cccc(-c4cc5ccccc5s4)c3)cc(-c3ccccc3-c3cc4ccc5cccc6c7cccc8ccc9cccc(c(c3)c4c56)c9c87)n2)cc1. The smallest absolute Gasteiger partial charge is 0.160 e. The molecular formula is C58H34N2S. The summed E-state index contributed by atoms with van der Waals surface area (Å²) in [7, 11) is 0. The Kier molecular flexibility index (Phi) is 7.51. The normalized spacial score (nSPS) is 11.9. The highest BCUT2D eigenvalue weighted by atomic mass is 32.1. The van der Waals surface area contributed by atoms with E-state index in [1.165, 1.54) is 85.2 Å². The summed E-state index contributed by atoms with van der Waals surface area (Å²) in [6.45, 7) is 0. The molecule has 0 saturated carbocycles. The first-order valence-corrected chi connectivity index (χ1v) is 21.6. The molecule has 0 radical (unpaired) electrons. The van der Waals surface area contributed by atoms with Crippen molar-refractivity contribution < 1.29 is 0 Å². The summed E-state index contributed by atoms with van der Waals surface area (Å²) in [6.07, 6.45) is 0. The van der Waals surface area contributed by atoms with Crippen LogP contribution in [0.25, 0.3) is 130 Å². The lowest BCUT2D eigenvalue weighted by Gasteiger charge is -2.18. The molecule has 0 aliphatic heterocycles. The van der Waals surface area contributed by atoms with Crippen LogP contribution in [-0.4, -0.2) is 9.97 Å². The van der Waals surface area contributed by atoms with E-state index in [1.807, 2.05) is 17.4 Å². The Morgan fingerprint density at radius 1 is 0.295 bits per heavy atom. The maximum Gasteiger partial charge on any atom is 0.160 e. The van der Waals surface area contributed by atoms with Crippen LogP contribution >= 0.6 is 11.3 Å². The molecule has 0 aliphatic rings. The van der Waals surface area contributed by atoms with Crippen molar-refractivity contribution in [2.75, 3.05) is 0 Å². The average molecular weight is 791 g/mol. The molecule has 0 atom stereocenters. The van der Waals surface area contributed by atoms with Gasteiger partial charge in [-0.15, -0.1) is 11.3 Å². The van der Waals surface area contributed by atoms with E-state index < -0.39 is 0 Å². The largest absolute Gasteiger partial charge is 0.228 e. The highest BCUT2D eigenvalue weighted by molar-refractivity contribution is 7.22. The second-order valence-electron chi connectivity index (χ2n) is 16.1. The summed E-state index contributed by atoms with van der Waals surface area (Å²) in [6, 6.07) is 75.3. The minimum atomic E-state index is 0.703. The van der Waals surface area contributed by atoms with E-state index in [0.717, 1.165) is 39.2 Å². The lowest BCUT2D eigenvalue weighted by molar-refractivity contribution is 1.18. The Morgan fingerprint density at radius 3 is 1.56 bits per heavy atom. The molecule has 3 heteroatoms. The van der Waals surface area contributed by atoms with Crippen molar-refractivity contribution in [3.8, 4) is 55.5 Å². The zero-order valence-electron chi connectivity index (χ0n) is 32.9. The van der Waals surface area contributed by atoms with Gasteiger partial charge in [0.05, 0.1) is 11.4 Å². The van der Waals surface area contributed by atoms with Gasteiger partial charge in [-0.05, 0) is 123 Å². The monoisotopic (exact) mass is 790 g/mol. The van der Waals surface area contributed by atoms with Crippen LogP contribution in [0.15, 0.2) is 206 Å². The fourth-order valence-corrected chi connectivity index (χ4v) is 10.9. The minimum absolute atomic E-state index is 0.703. The molecule has 13 aromatic rings. The van der Waals surface area contributed by atoms with E-state index in [-0.39, 0.29) is 0 Å². The summed E-state index contributed by atoms with van der Waals surface area (Å²) in [5.41, 5.74) is 8.34. The van der Waals surface area contributed by atoms with Crippen LogP contribution in [0.1, 0.15) is 0 Å². The third-order valence-electron chi connectivity index (χ3n) is 12.6. The van der Waals surface area contributed by atoms with E-state index in [9.17, 15) is 0 Å². The van der Waals surface area contributed by atoms with Crippen molar-refractivity contribution in [1.29, 1.82) is 0 Å². The summed E-state index contributed by atoms with van der Waals surface area (Å²) < 4.78 is 1.29. The fourth-order valence-electron chi connectivity index (χ4n) is 9.80. The van der Waals surface area contributed by atoms with E-state index in [4.69, 9.17) is 9.97 Å². The topological polar surface area (TPSA) is 25.8 Å². The number of nitrogens with zero attached hydrogens (tertiary/aromatic N) is 2. The first kappa shape index (κ1) is 34.2. The Hall–Kier alpha value is -7.72. The number of aromatic nitrogens is 2. The van der Waals surface area contributed by atoms with Crippen LogP contribution < -0.4 is 0 Å². The van der Waals surface area contributed by atoms with Gasteiger partial charge in [-0.25, -0.2) is 9.97 Å². The van der Waals surface area contributed by atoms with Gasteiger partial charge in [-0.2, -0.15) is 0 Å². The van der Waals surface area contributed by atoms with E-state index in [0.29, 0.717) is 5.82 Å². The molecule has 13 rings (SSSR count). The third-order valence-corrected chi connectivity index (χ3v) is 13.7. The van der Waals surface area contributed by atoms with Crippen LogP contribution in [-0.2, 0) is 0 Å². The van der Waals surface area contributed by atoms with Crippen molar-refractivity contribution in [2.45, 2.75) is 0 Å². The standard InChI is InChI=1S/C58H34N2S/c1-2-12-38(13-3-1)58-59-50(39-18-8-19-40(30-39)53-33-41-14-4-7-25-52(41)61-53)34-51(60-58)45-21-6-5-20-44(45)43-31-42-29-28-37-16-10-23-47-46-22-9-15-35-26-27-36-17-11-24-48(56(36)54(35)46)49(32-43)57(42)55(37)47/h1-34H. The molecule has 282 valence electrons. The summed E-state index contributed by atoms with van der Waals surface area (Å²) in [4.78, 5) is 11.8. The fraction of sp³-hybridized carbons (Fsp3) is 0. The van der Waals surface area contributed by atoms with Crippen LogP contribution in [0.2, 0.25) is 0 Å². The Labute approximate surface area is 356 Å². The molecular weight excluding hydrogens is 757 g/mol. The van der Waals surface area contributed by atoms with Gasteiger partial charge in [-0.1, -0.05) is 170 Å². The van der Waals surface area contributed by atoms with Crippen molar-refractivity contribution >= 4 is 86.1 Å². The van der Waals surface area contributed by atoms with Gasteiger partial charge in [0.2, 0.25) is 0 Å². The Bertz CT molecular complexity index is 3840. The summed E-state index contributed by atoms with van der Waals surface area (Å²) in [5.74, 6) is 0.703. The van der Waals surface area contributed by atoms with Gasteiger partial charge >= 0.3 is 0 Å². The van der Waals surface area contributed by atoms with Gasteiger partial charge in [0, 0.05) is 26.3 Å². The van der Waals surface area contributed by atoms with Crippen LogP contribution in [0.4, 0.5) is 0 Å². The van der Waals surface area contributed by atoms with Crippen LogP contribution in [0, 0.1) is 0 Å². The number of hydrogen-bond donors (Lipinski definition) is 0. The molecule has 2 nitrogen and oxygen atoms in total. The van der Waals surface area contributed by atoms with Crippen molar-refractivity contribution in [3.05, 3.63) is 206 Å². The quantitative estimate of drug-likeness (QED) is 0.162. The lowest BCUT2D eigenvalue weighted by Crippen LogP contribution is -1.97. The molecule has 2 aromatic heterocycles. The number of thiophene rings is 1. The number of hydrogen-bond acceptors (Lipinski definition) is 3. The van der Waals surface area contributed by atoms with Crippen molar-refractivity contribution in [3.63, 3.8) is 0 Å². The number of fused-ring (bicyclic) bond motifs is 3. The summed E-state index contributed by atoms with van der Waals surface area (Å²) in [5, 5.41) is 16.5. The molecule has 61 heavy (non-hydrogen) atoms. The molecule has 11 aromatic carbocycles. The van der Waals surface area contributed by atoms with Gasteiger partial charge in [0.25, 0.3) is 0 Å². The van der Waals surface area contributed by atoms with Crippen LogP contribution in [0.3, 0.4) is 0 Å². The Morgan fingerprint density at radius 2 is 0.836 bits per heavy atom. The number of rotatable bonds is 5. The molecule has 2 heterocycles. The molecule has 0 fully saturated rings. The second kappa shape index (κ2) is 13.4. The van der Waals surface area contributed by atoms with Crippen LogP contribution in [0.5, 0.6) is 0 Å². The third kappa shape index (κ3) is 5.41. The van der Waals surface area contributed by atoms with Gasteiger partial charge in [0.1, 0.15) is 0 Å². The highest BCUT2D eigenvalue weighted by Gasteiger charge is 2.19. The maximum absolute atomic E-state index is 5.35. The molecule has 0 saturated heterocycles. The molecule has 0 amide bonds. The molecule has 0 spiro atoms. The lowest BCUT2D eigenvalue weighted by atomic mass is 9.86. The Balaban J connectivity index is 1.07. The summed E-state index contributed by atoms with van der Waals surface area (Å²) >= 11 is 1.83. The zero-order valence-corrected chi connectivity index (χ0v) is 33.7. The predicted octanol–water partition coefficient (Wildman–Crippen LogP) is 16.4. The number of benzene rings is 10. The van der Waals surface area contributed by atoms with E-state index >= 15 is 0 Å². The van der Waals surface area contributed by atoms with E-state index in [1.54, 1.807) is 0 Å². The predicted molar refractivity (Wildman–Crippen MR) is 261 cm³/mol. The second-order valence-corrected chi connectivity index (χ2v) is 17.2. The van der Waals surface area contributed by atoms with Gasteiger partial charge in [0.15, 0.2) is 5.82 Å². The highest BCUT2D eigenvalue weighted by Crippen LogP contribution is 2.46. The molecule has 0 N–H and O–H groups in total. The van der Waals surface area contributed by atoms with E-state index in [2.05, 4.69) is 200 Å². The average Bonchev–Trinajstić information content (AvgIpc) is 3.77. The minimum Gasteiger partial charge on any atom is -0.228 e. The van der Waals surface area contributed by atoms with Crippen molar-refractivity contribution in [1.82, 2.24) is 9.97 Å². The molecule has 0 bridgehead atoms. The zero-order chi connectivity index (χ0) is 40.0. The van der Waals surface area contributed by atoms with Gasteiger partial charge in [-0.3, -0.25) is 0 Å². The first-order valence-electron chi connectivity index (χ1n) is 20.8. The molecule has 0 aliphatic carbocycles. The molecule has 0 unspecified atom stereocenters.